The molecule has 0 amide bonds. The second-order valence-electron chi connectivity index (χ2n) is 5.14. The third-order valence-corrected chi connectivity index (χ3v) is 4.02. The molecule has 2 atom stereocenters. The average Bonchev–Trinajstić information content (AvgIpc) is 2.81. The highest BCUT2D eigenvalue weighted by Crippen LogP contribution is 2.72. The van der Waals surface area contributed by atoms with Gasteiger partial charge in [0.25, 0.3) is 11.3 Å². The summed E-state index contributed by atoms with van der Waals surface area (Å²) in [6.07, 6.45) is -5.56. The largest absolute Gasteiger partial charge is 0.368 e. The van der Waals surface area contributed by atoms with E-state index in [2.05, 4.69) is 4.74 Å². The Kier molecular flexibility index (Phi) is 2.85. The van der Waals surface area contributed by atoms with Crippen LogP contribution in [-0.4, -0.2) is 47.2 Å². The lowest BCUT2D eigenvalue weighted by Crippen LogP contribution is -2.41. The molecule has 2 unspecified atom stereocenters. The van der Waals surface area contributed by atoms with E-state index in [9.17, 15) is 43.9 Å². The Hall–Kier alpha value is -0.740. The van der Waals surface area contributed by atoms with Crippen molar-refractivity contribution in [1.82, 2.24) is 0 Å². The molecule has 1 nitrogen and oxygen atoms in total. The van der Waals surface area contributed by atoms with Crippen LogP contribution in [0.3, 0.4) is 0 Å². The van der Waals surface area contributed by atoms with Crippen LogP contribution in [0.5, 0.6) is 0 Å². The molecule has 11 heteroatoms. The molecule has 2 aliphatic rings. The van der Waals surface area contributed by atoms with Crippen LogP contribution in [0, 0.1) is 0 Å². The Morgan fingerprint density at radius 3 is 0.857 bits per heavy atom. The first-order valence-corrected chi connectivity index (χ1v) is 5.59. The van der Waals surface area contributed by atoms with Crippen molar-refractivity contribution in [1.29, 1.82) is 0 Å². The van der Waals surface area contributed by atoms with Gasteiger partial charge in [0.2, 0.25) is 0 Å². The number of alkyl halides is 10. The van der Waals surface area contributed by atoms with Crippen molar-refractivity contribution in [2.75, 3.05) is 0 Å². The molecule has 0 heterocycles. The normalized spacial score (nSPS) is 34.9. The van der Waals surface area contributed by atoms with Crippen LogP contribution in [-0.2, 0) is 4.74 Å². The summed E-state index contributed by atoms with van der Waals surface area (Å²) in [6, 6.07) is 0. The molecule has 0 aliphatic heterocycles. The van der Waals surface area contributed by atoms with E-state index in [0.717, 1.165) is 0 Å². The summed E-state index contributed by atoms with van der Waals surface area (Å²) >= 11 is 0. The van der Waals surface area contributed by atoms with Gasteiger partial charge in [-0.15, -0.1) is 0 Å². The third-order valence-electron chi connectivity index (χ3n) is 4.02. The highest BCUT2D eigenvalue weighted by atomic mass is 19.4. The van der Waals surface area contributed by atoms with Crippen LogP contribution >= 0.6 is 0 Å². The van der Waals surface area contributed by atoms with Crippen molar-refractivity contribution < 1.29 is 48.6 Å². The van der Waals surface area contributed by atoms with Crippen molar-refractivity contribution in [3.63, 3.8) is 0 Å². The molecule has 21 heavy (non-hydrogen) atoms. The molecule has 2 saturated carbocycles. The predicted molar refractivity (Wildman–Crippen MR) is 47.5 cm³/mol. The van der Waals surface area contributed by atoms with Crippen molar-refractivity contribution in [2.45, 2.75) is 61.1 Å². The molecular weight excluding hydrogens is 326 g/mol. The van der Waals surface area contributed by atoms with Gasteiger partial charge in [0.15, 0.2) is 0 Å². The molecule has 0 N–H and O–H groups in total. The van der Waals surface area contributed by atoms with Gasteiger partial charge in [-0.2, -0.15) is 35.1 Å². The van der Waals surface area contributed by atoms with Gasteiger partial charge in [-0.25, -0.2) is 8.78 Å². The van der Waals surface area contributed by atoms with Crippen molar-refractivity contribution in [2.24, 2.45) is 0 Å². The molecule has 0 radical (unpaired) electrons. The van der Waals surface area contributed by atoms with E-state index in [1.165, 1.54) is 0 Å². The van der Waals surface area contributed by atoms with Gasteiger partial charge in [0.05, 0.1) is 0 Å². The number of ether oxygens (including phenoxy) is 1. The summed E-state index contributed by atoms with van der Waals surface area (Å²) in [7, 11) is 0. The maximum atomic E-state index is 13.5. The molecule has 0 aromatic heterocycles. The second kappa shape index (κ2) is 3.60. The molecule has 0 aromatic carbocycles. The van der Waals surface area contributed by atoms with Gasteiger partial charge in [-0.3, -0.25) is 0 Å². The van der Waals surface area contributed by atoms with Crippen molar-refractivity contribution in [3.8, 4) is 0 Å². The second-order valence-corrected chi connectivity index (χ2v) is 5.14. The number of rotatable bonds is 4. The fraction of sp³-hybridized carbons (Fsp3) is 1.00. The molecule has 2 aliphatic carbocycles. The maximum absolute atomic E-state index is 13.5. The summed E-state index contributed by atoms with van der Waals surface area (Å²) < 4.78 is 132. The van der Waals surface area contributed by atoms with Gasteiger partial charge in [0.1, 0.15) is 12.2 Å². The fourth-order valence-electron chi connectivity index (χ4n) is 2.33. The summed E-state index contributed by atoms with van der Waals surface area (Å²) in [5.41, 5.74) is -9.13. The molecule has 0 saturated heterocycles. The fourth-order valence-corrected chi connectivity index (χ4v) is 2.33. The monoisotopic (exact) mass is 334 g/mol. The van der Waals surface area contributed by atoms with Crippen LogP contribution in [0.4, 0.5) is 43.9 Å². The Bertz CT molecular complexity index is 402. The molecule has 0 aromatic rings. The highest BCUT2D eigenvalue weighted by molar-refractivity contribution is 5.33. The molecule has 0 spiro atoms. The first-order chi connectivity index (χ1) is 9.05. The zero-order valence-corrected chi connectivity index (χ0v) is 10.3. The standard InChI is InChI=1S/C10H8F10O/c1-3(5(11)7(13,14)8(5,15)16)21-4(2)6(12)9(17,18)10(6,19)20/h3-4H,1-2H3. The lowest BCUT2D eigenvalue weighted by atomic mass is 10.1. The lowest BCUT2D eigenvalue weighted by Gasteiger charge is -2.23. The lowest BCUT2D eigenvalue weighted by molar-refractivity contribution is -0.134. The SMILES string of the molecule is CC(OC(C)C1(F)C(F)(F)C1(F)F)C1(F)C(F)(F)C1(F)F. The predicted octanol–water partition coefficient (Wildman–Crippen LogP) is 3.77. The molecule has 2 fully saturated rings. The van der Waals surface area contributed by atoms with Crippen LogP contribution in [0.1, 0.15) is 13.8 Å². The van der Waals surface area contributed by atoms with E-state index in [-0.39, 0.29) is 0 Å². The van der Waals surface area contributed by atoms with Crippen LogP contribution in [0.2, 0.25) is 0 Å². The minimum Gasteiger partial charge on any atom is -0.368 e. The van der Waals surface area contributed by atoms with Crippen molar-refractivity contribution >= 4 is 0 Å². The van der Waals surface area contributed by atoms with E-state index in [1.807, 2.05) is 0 Å². The minimum atomic E-state index is -5.16. The van der Waals surface area contributed by atoms with E-state index in [1.54, 1.807) is 0 Å². The van der Waals surface area contributed by atoms with Crippen LogP contribution < -0.4 is 0 Å². The molecular formula is C10H8F10O. The third kappa shape index (κ3) is 1.35. The Labute approximate surface area is 111 Å². The summed E-state index contributed by atoms with van der Waals surface area (Å²) in [4.78, 5) is 0. The van der Waals surface area contributed by atoms with E-state index >= 15 is 0 Å². The molecule has 124 valence electrons. The first-order valence-electron chi connectivity index (χ1n) is 5.59. The number of hydrogen-bond acceptors (Lipinski definition) is 1. The Morgan fingerprint density at radius 2 is 0.714 bits per heavy atom. The average molecular weight is 334 g/mol. The van der Waals surface area contributed by atoms with E-state index in [0.29, 0.717) is 13.8 Å². The number of halogens is 10. The molecule has 0 bridgehead atoms. The van der Waals surface area contributed by atoms with Crippen LogP contribution in [0.15, 0.2) is 0 Å². The van der Waals surface area contributed by atoms with Gasteiger partial charge in [-0.05, 0) is 13.8 Å². The topological polar surface area (TPSA) is 9.23 Å². The van der Waals surface area contributed by atoms with Gasteiger partial charge in [-0.1, -0.05) is 0 Å². The zero-order chi connectivity index (χ0) is 16.9. The van der Waals surface area contributed by atoms with Crippen LogP contribution in [0.25, 0.3) is 0 Å². The summed E-state index contributed by atoms with van der Waals surface area (Å²) in [6.45, 7) is 0.598. The zero-order valence-electron chi connectivity index (χ0n) is 10.3. The van der Waals surface area contributed by atoms with Gasteiger partial charge >= 0.3 is 23.7 Å². The smallest absolute Gasteiger partial charge is 0.355 e. The Balaban J connectivity index is 2.15. The van der Waals surface area contributed by atoms with E-state index in [4.69, 9.17) is 0 Å². The summed E-state index contributed by atoms with van der Waals surface area (Å²) in [5.74, 6) is -20.6. The maximum Gasteiger partial charge on any atom is 0.355 e. The minimum absolute atomic E-state index is 0.299. The van der Waals surface area contributed by atoms with Gasteiger partial charge in [0, 0.05) is 0 Å². The summed E-state index contributed by atoms with van der Waals surface area (Å²) in [5, 5.41) is 0. The molecule has 2 rings (SSSR count). The van der Waals surface area contributed by atoms with Gasteiger partial charge < -0.3 is 4.74 Å². The quantitative estimate of drug-likeness (QED) is 0.712. The Morgan fingerprint density at radius 1 is 0.524 bits per heavy atom. The van der Waals surface area contributed by atoms with Crippen molar-refractivity contribution in [3.05, 3.63) is 0 Å². The highest BCUT2D eigenvalue weighted by Gasteiger charge is 3.03. The number of hydrogen-bond donors (Lipinski definition) is 0. The van der Waals surface area contributed by atoms with E-state index < -0.39 is 47.2 Å². The first kappa shape index (κ1) is 16.6.